The van der Waals surface area contributed by atoms with Crippen LogP contribution in [0.4, 0.5) is 0 Å². The fraction of sp³-hybridized carbons (Fsp3) is 0.250. The number of rotatable bonds is 3. The smallest absolute Gasteiger partial charge is 0.243 e. The van der Waals surface area contributed by atoms with Gasteiger partial charge in [-0.15, -0.1) is 0 Å². The van der Waals surface area contributed by atoms with Crippen molar-refractivity contribution >= 4 is 10.0 Å². The number of phenolic OH excluding ortho intramolecular Hbond substituents is 1. The molecule has 2 aromatic carbocycles. The minimum Gasteiger partial charge on any atom is -0.507 e. The average Bonchev–Trinajstić information content (AvgIpc) is 3.03. The Kier molecular flexibility index (Phi) is 3.69. The van der Waals surface area contributed by atoms with Gasteiger partial charge >= 0.3 is 0 Å². The number of hydrogen-bond acceptors (Lipinski definition) is 3. The largest absolute Gasteiger partial charge is 0.507 e. The van der Waals surface area contributed by atoms with E-state index in [-0.39, 0.29) is 10.6 Å². The molecule has 5 heteroatoms. The molecule has 1 N–H and O–H groups in total. The summed E-state index contributed by atoms with van der Waals surface area (Å²) < 4.78 is 26.7. The second kappa shape index (κ2) is 5.50. The van der Waals surface area contributed by atoms with Gasteiger partial charge in [0.2, 0.25) is 10.0 Å². The third-order valence-electron chi connectivity index (χ3n) is 3.75. The molecule has 0 saturated carbocycles. The Morgan fingerprint density at radius 1 is 0.952 bits per heavy atom. The molecule has 0 spiro atoms. The summed E-state index contributed by atoms with van der Waals surface area (Å²) >= 11 is 0. The molecule has 1 fully saturated rings. The van der Waals surface area contributed by atoms with Crippen molar-refractivity contribution in [3.8, 4) is 16.9 Å². The highest BCUT2D eigenvalue weighted by Crippen LogP contribution is 2.31. The van der Waals surface area contributed by atoms with Crippen molar-refractivity contribution in [3.05, 3.63) is 48.5 Å². The molecule has 3 rings (SSSR count). The van der Waals surface area contributed by atoms with Crippen LogP contribution in [-0.4, -0.2) is 30.9 Å². The summed E-state index contributed by atoms with van der Waals surface area (Å²) in [6.45, 7) is 1.17. The van der Waals surface area contributed by atoms with Crippen molar-refractivity contribution < 1.29 is 13.5 Å². The number of para-hydroxylation sites is 1. The lowest BCUT2D eigenvalue weighted by Crippen LogP contribution is -2.27. The molecule has 0 unspecified atom stereocenters. The van der Waals surface area contributed by atoms with Crippen LogP contribution in [0.1, 0.15) is 12.8 Å². The topological polar surface area (TPSA) is 57.6 Å². The van der Waals surface area contributed by atoms with Crippen LogP contribution in [0.3, 0.4) is 0 Å². The fourth-order valence-corrected chi connectivity index (χ4v) is 4.18. The Morgan fingerprint density at radius 3 is 2.38 bits per heavy atom. The molecule has 0 radical (unpaired) electrons. The molecule has 2 aromatic rings. The van der Waals surface area contributed by atoms with Gasteiger partial charge in [-0.3, -0.25) is 0 Å². The molecule has 0 amide bonds. The van der Waals surface area contributed by atoms with Crippen molar-refractivity contribution in [2.75, 3.05) is 13.1 Å². The summed E-state index contributed by atoms with van der Waals surface area (Å²) in [5.41, 5.74) is 1.34. The van der Waals surface area contributed by atoms with Gasteiger partial charge in [-0.2, -0.15) is 4.31 Å². The van der Waals surface area contributed by atoms with Crippen molar-refractivity contribution in [3.63, 3.8) is 0 Å². The highest BCUT2D eigenvalue weighted by molar-refractivity contribution is 7.89. The first-order valence-corrected chi connectivity index (χ1v) is 8.41. The highest BCUT2D eigenvalue weighted by Gasteiger charge is 2.27. The first-order valence-electron chi connectivity index (χ1n) is 6.97. The lowest BCUT2D eigenvalue weighted by molar-refractivity contribution is 0.476. The predicted molar refractivity (Wildman–Crippen MR) is 81.5 cm³/mol. The Morgan fingerprint density at radius 2 is 1.67 bits per heavy atom. The lowest BCUT2D eigenvalue weighted by atomic mass is 10.1. The molecule has 21 heavy (non-hydrogen) atoms. The monoisotopic (exact) mass is 303 g/mol. The molecule has 0 bridgehead atoms. The van der Waals surface area contributed by atoms with Crippen LogP contribution < -0.4 is 0 Å². The summed E-state index contributed by atoms with van der Waals surface area (Å²) in [5, 5.41) is 9.91. The van der Waals surface area contributed by atoms with E-state index < -0.39 is 10.0 Å². The maximum absolute atomic E-state index is 12.6. The molecule has 1 heterocycles. The van der Waals surface area contributed by atoms with Crippen molar-refractivity contribution in [2.24, 2.45) is 0 Å². The van der Waals surface area contributed by atoms with Gasteiger partial charge in [-0.25, -0.2) is 8.42 Å². The van der Waals surface area contributed by atoms with Crippen molar-refractivity contribution in [2.45, 2.75) is 17.7 Å². The number of phenols is 1. The molecule has 0 atom stereocenters. The van der Waals surface area contributed by atoms with Gasteiger partial charge in [0.05, 0.1) is 4.90 Å². The van der Waals surface area contributed by atoms with Gasteiger partial charge < -0.3 is 5.11 Å². The van der Waals surface area contributed by atoms with Crippen LogP contribution >= 0.6 is 0 Å². The normalized spacial score (nSPS) is 16.2. The number of benzene rings is 2. The molecule has 1 aliphatic heterocycles. The molecular weight excluding hydrogens is 286 g/mol. The number of sulfonamides is 1. The van der Waals surface area contributed by atoms with Gasteiger partial charge in [-0.1, -0.05) is 30.3 Å². The molecule has 1 aliphatic rings. The van der Waals surface area contributed by atoms with E-state index in [4.69, 9.17) is 0 Å². The third-order valence-corrected chi connectivity index (χ3v) is 5.65. The first-order chi connectivity index (χ1) is 10.1. The number of nitrogens with zero attached hydrogens (tertiary/aromatic N) is 1. The quantitative estimate of drug-likeness (QED) is 0.948. The molecule has 0 aromatic heterocycles. The van der Waals surface area contributed by atoms with E-state index in [0.29, 0.717) is 24.2 Å². The van der Waals surface area contributed by atoms with E-state index in [0.717, 1.165) is 12.8 Å². The summed E-state index contributed by atoms with van der Waals surface area (Å²) in [5.74, 6) is 0.147. The zero-order chi connectivity index (χ0) is 14.9. The van der Waals surface area contributed by atoms with E-state index in [9.17, 15) is 13.5 Å². The van der Waals surface area contributed by atoms with Crippen LogP contribution in [0.25, 0.3) is 11.1 Å². The van der Waals surface area contributed by atoms with Crippen molar-refractivity contribution in [1.82, 2.24) is 4.31 Å². The SMILES string of the molecule is O=S(=O)(c1cccc(-c2ccccc2O)c1)N1CCCC1. The minimum absolute atomic E-state index is 0.147. The summed E-state index contributed by atoms with van der Waals surface area (Å²) in [6, 6.07) is 13.7. The predicted octanol–water partition coefficient (Wildman–Crippen LogP) is 2.84. The minimum atomic E-state index is -3.43. The lowest BCUT2D eigenvalue weighted by Gasteiger charge is -2.16. The Bertz CT molecular complexity index is 750. The van der Waals surface area contributed by atoms with Crippen molar-refractivity contribution in [1.29, 1.82) is 0 Å². The van der Waals surface area contributed by atoms with Gasteiger partial charge in [0.25, 0.3) is 0 Å². The van der Waals surface area contributed by atoms with Crippen LogP contribution in [0, 0.1) is 0 Å². The standard InChI is InChI=1S/C16H17NO3S/c18-16-9-2-1-8-15(16)13-6-5-7-14(12-13)21(19,20)17-10-3-4-11-17/h1-2,5-9,12,18H,3-4,10-11H2. The van der Waals surface area contributed by atoms with Crippen LogP contribution in [0.2, 0.25) is 0 Å². The van der Waals surface area contributed by atoms with E-state index >= 15 is 0 Å². The van der Waals surface area contributed by atoms with Gasteiger partial charge in [0.1, 0.15) is 5.75 Å². The summed E-state index contributed by atoms with van der Waals surface area (Å²) in [4.78, 5) is 0.283. The molecule has 110 valence electrons. The molecular formula is C16H17NO3S. The van der Waals surface area contributed by atoms with Crippen LogP contribution in [0.5, 0.6) is 5.75 Å². The Hall–Kier alpha value is -1.85. The molecule has 1 saturated heterocycles. The number of aromatic hydroxyl groups is 1. The van der Waals surface area contributed by atoms with Gasteiger partial charge in [0, 0.05) is 18.7 Å². The first kappa shape index (κ1) is 14.1. The average molecular weight is 303 g/mol. The Labute approximate surface area is 124 Å². The van der Waals surface area contributed by atoms with E-state index in [1.54, 1.807) is 42.5 Å². The van der Waals surface area contributed by atoms with Gasteiger partial charge in [-0.05, 0) is 36.6 Å². The molecule has 4 nitrogen and oxygen atoms in total. The second-order valence-corrected chi connectivity index (χ2v) is 7.09. The van der Waals surface area contributed by atoms with E-state index in [1.165, 1.54) is 4.31 Å². The summed E-state index contributed by atoms with van der Waals surface area (Å²) in [6.07, 6.45) is 1.83. The number of hydrogen-bond donors (Lipinski definition) is 1. The molecule has 0 aliphatic carbocycles. The van der Waals surface area contributed by atoms with E-state index in [2.05, 4.69) is 0 Å². The van der Waals surface area contributed by atoms with Crippen LogP contribution in [0.15, 0.2) is 53.4 Å². The van der Waals surface area contributed by atoms with E-state index in [1.807, 2.05) is 6.07 Å². The zero-order valence-electron chi connectivity index (χ0n) is 11.6. The highest BCUT2D eigenvalue weighted by atomic mass is 32.2. The van der Waals surface area contributed by atoms with Gasteiger partial charge in [0.15, 0.2) is 0 Å². The maximum Gasteiger partial charge on any atom is 0.243 e. The maximum atomic E-state index is 12.6. The zero-order valence-corrected chi connectivity index (χ0v) is 12.4. The van der Waals surface area contributed by atoms with Crippen LogP contribution in [-0.2, 0) is 10.0 Å². The summed E-state index contributed by atoms with van der Waals surface area (Å²) in [7, 11) is -3.43. The third kappa shape index (κ3) is 2.66. The second-order valence-electron chi connectivity index (χ2n) is 5.16. The Balaban J connectivity index is 2.03. The fourth-order valence-electron chi connectivity index (χ4n) is 2.62.